The molecule has 2 saturated heterocycles. The van der Waals surface area contributed by atoms with Crippen LogP contribution in [0.5, 0.6) is 0 Å². The largest absolute Gasteiger partial charge is 0.463 e. The predicted octanol–water partition coefficient (Wildman–Crippen LogP) is 5.14. The second-order valence-corrected chi connectivity index (χ2v) is 14.3. The van der Waals surface area contributed by atoms with Gasteiger partial charge in [-0.25, -0.2) is 13.8 Å². The minimum Gasteiger partial charge on any atom is -0.463 e. The van der Waals surface area contributed by atoms with Gasteiger partial charge in [-0.2, -0.15) is 0 Å². The van der Waals surface area contributed by atoms with Gasteiger partial charge in [0.25, 0.3) is 11.8 Å². The molecule has 0 bridgehead atoms. The Balaban J connectivity index is 1.29. The van der Waals surface area contributed by atoms with E-state index in [1.807, 2.05) is 62.0 Å². The zero-order valence-corrected chi connectivity index (χ0v) is 28.1. The van der Waals surface area contributed by atoms with Gasteiger partial charge in [-0.15, -0.1) is 0 Å². The number of nitrogens with zero attached hydrogens (tertiary/aromatic N) is 4. The molecular weight excluding hydrogens is 612 g/mol. The van der Waals surface area contributed by atoms with Crippen molar-refractivity contribution < 1.29 is 23.1 Å². The Bertz CT molecular complexity index is 1390. The number of piperidine rings is 2. The first-order chi connectivity index (χ1) is 21.9. The fourth-order valence-corrected chi connectivity index (χ4v) is 6.60. The van der Waals surface area contributed by atoms with Crippen LogP contribution in [0.4, 0.5) is 31.8 Å². The summed E-state index contributed by atoms with van der Waals surface area (Å²) in [6.45, 7) is 6.56. The number of rotatable bonds is 12. The summed E-state index contributed by atoms with van der Waals surface area (Å²) >= 11 is 1.42. The number of esters is 1. The number of pyridine rings is 1. The molecule has 4 N–H and O–H groups in total. The smallest absolute Gasteiger partial charge is 0.323 e. The molecule has 5 rings (SSSR count). The first-order valence-electron chi connectivity index (χ1n) is 16.2. The van der Waals surface area contributed by atoms with E-state index in [4.69, 9.17) is 15.5 Å². The van der Waals surface area contributed by atoms with Crippen molar-refractivity contribution in [1.82, 2.24) is 9.71 Å². The summed E-state index contributed by atoms with van der Waals surface area (Å²) < 4.78 is 36.3. The number of amides is 1. The summed E-state index contributed by atoms with van der Waals surface area (Å²) in [5.74, 6) is -2.39. The predicted molar refractivity (Wildman–Crippen MR) is 180 cm³/mol. The second-order valence-electron chi connectivity index (χ2n) is 13.3. The maximum Gasteiger partial charge on any atom is 0.323 e. The molecule has 1 saturated carbocycles. The van der Waals surface area contributed by atoms with Gasteiger partial charge in [0.15, 0.2) is 5.82 Å². The Kier molecular flexibility index (Phi) is 10.6. The number of nitrogens with one attached hydrogen (secondary N) is 2. The molecule has 2 aromatic rings. The molecule has 1 unspecified atom stereocenters. The van der Waals surface area contributed by atoms with E-state index in [0.717, 1.165) is 42.2 Å². The lowest BCUT2D eigenvalue weighted by Gasteiger charge is -2.35. The van der Waals surface area contributed by atoms with Crippen LogP contribution in [0.25, 0.3) is 0 Å². The molecule has 1 atom stereocenters. The van der Waals surface area contributed by atoms with Crippen LogP contribution >= 0.6 is 11.9 Å². The molecule has 3 fully saturated rings. The van der Waals surface area contributed by atoms with Crippen LogP contribution in [0.1, 0.15) is 62.7 Å². The van der Waals surface area contributed by atoms with E-state index < -0.39 is 17.9 Å². The Morgan fingerprint density at radius 3 is 2.33 bits per heavy atom. The number of carbonyl (C=O) groups is 2. The monoisotopic (exact) mass is 659 g/mol. The molecule has 1 aliphatic carbocycles. The fourth-order valence-electron chi connectivity index (χ4n) is 5.95. The van der Waals surface area contributed by atoms with Crippen molar-refractivity contribution in [2.75, 3.05) is 73.4 Å². The van der Waals surface area contributed by atoms with E-state index in [1.165, 1.54) is 24.8 Å². The fraction of sp³-hybridized carbons (Fsp3) is 0.606. The highest BCUT2D eigenvalue weighted by Crippen LogP contribution is 2.54. The minimum atomic E-state index is -2.67. The summed E-state index contributed by atoms with van der Waals surface area (Å²) in [4.78, 5) is 37.6. The summed E-state index contributed by atoms with van der Waals surface area (Å²) in [5.41, 5.74) is 8.55. The molecule has 3 heterocycles. The molecule has 0 radical (unpaired) electrons. The summed E-state index contributed by atoms with van der Waals surface area (Å²) in [6, 6.07) is 8.73. The lowest BCUT2D eigenvalue weighted by Crippen LogP contribution is -2.40. The molecule has 2 aliphatic heterocycles. The van der Waals surface area contributed by atoms with Crippen LogP contribution in [-0.4, -0.2) is 82.3 Å². The summed E-state index contributed by atoms with van der Waals surface area (Å²) in [7, 11) is 3.77. The van der Waals surface area contributed by atoms with Crippen LogP contribution in [0, 0.1) is 11.3 Å². The van der Waals surface area contributed by atoms with Gasteiger partial charge in [0.1, 0.15) is 18.5 Å². The molecular formula is C33H47F2N7O3S. The van der Waals surface area contributed by atoms with Crippen molar-refractivity contribution >= 4 is 46.8 Å². The van der Waals surface area contributed by atoms with Gasteiger partial charge in [-0.05, 0) is 79.3 Å². The van der Waals surface area contributed by atoms with Crippen LogP contribution in [0.2, 0.25) is 0 Å². The van der Waals surface area contributed by atoms with Crippen molar-refractivity contribution in [2.45, 2.75) is 69.2 Å². The highest BCUT2D eigenvalue weighted by Gasteiger charge is 2.44. The molecule has 10 nitrogen and oxygen atoms in total. The van der Waals surface area contributed by atoms with Gasteiger partial charge < -0.3 is 30.5 Å². The number of benzene rings is 1. The molecule has 1 spiro atoms. The van der Waals surface area contributed by atoms with Crippen molar-refractivity contribution in [3.63, 3.8) is 0 Å². The van der Waals surface area contributed by atoms with Crippen molar-refractivity contribution in [3.05, 3.63) is 35.9 Å². The third kappa shape index (κ3) is 8.40. The Morgan fingerprint density at radius 2 is 1.70 bits per heavy atom. The molecule has 1 aromatic carbocycles. The first-order valence-corrected chi connectivity index (χ1v) is 17.0. The van der Waals surface area contributed by atoms with E-state index in [2.05, 4.69) is 14.9 Å². The molecule has 46 heavy (non-hydrogen) atoms. The number of hydrogen-bond donors (Lipinski definition) is 3. The average Bonchev–Trinajstić information content (AvgIpc) is 3.78. The van der Waals surface area contributed by atoms with E-state index in [9.17, 15) is 18.4 Å². The highest BCUT2D eigenvalue weighted by atomic mass is 32.2. The van der Waals surface area contributed by atoms with Crippen LogP contribution in [-0.2, 0) is 9.53 Å². The Hall–Kier alpha value is -3.16. The first kappa shape index (κ1) is 34.2. The number of nitrogens with two attached hydrogens (primary N) is 1. The molecule has 13 heteroatoms. The Morgan fingerprint density at radius 1 is 1.02 bits per heavy atom. The third-order valence-electron chi connectivity index (χ3n) is 9.34. The van der Waals surface area contributed by atoms with Crippen LogP contribution in [0.15, 0.2) is 35.2 Å². The minimum absolute atomic E-state index is 0.00863. The third-order valence-corrected chi connectivity index (χ3v) is 10.2. The Labute approximate surface area is 274 Å². The maximum absolute atomic E-state index is 13.9. The number of hydrogen-bond acceptors (Lipinski definition) is 10. The van der Waals surface area contributed by atoms with E-state index >= 15 is 0 Å². The normalized spacial score (nSPS) is 19.2. The van der Waals surface area contributed by atoms with Crippen molar-refractivity contribution in [2.24, 2.45) is 17.1 Å². The lowest BCUT2D eigenvalue weighted by atomic mass is 9.93. The maximum atomic E-state index is 13.9. The quantitative estimate of drug-likeness (QED) is 0.161. The molecule has 252 valence electrons. The van der Waals surface area contributed by atoms with Gasteiger partial charge in [0.2, 0.25) is 0 Å². The number of halogens is 2. The average molecular weight is 660 g/mol. The molecule has 1 aromatic heterocycles. The van der Waals surface area contributed by atoms with Crippen LogP contribution < -0.4 is 30.5 Å². The van der Waals surface area contributed by atoms with Gasteiger partial charge in [-0.3, -0.25) is 14.3 Å². The van der Waals surface area contributed by atoms with Gasteiger partial charge in [0, 0.05) is 64.6 Å². The topological polar surface area (TPSA) is 116 Å². The standard InChI is InChI=1S/C33H47F2N7O3S/c1-22(2)28(36)31(44)45-20-15-37-46-23-5-6-24(26(21-23)41-16-11-32(9-10-32)12-17-41)30(43)39-27-8-7-25(40(3)4)29(38-27)42-18-13-33(34,35)14-19-42/h5-8,21-22,28,37H,9-20,36H2,1-4H3,(H,38,39,43). The number of aromatic nitrogens is 1. The van der Waals surface area contributed by atoms with Crippen molar-refractivity contribution in [3.8, 4) is 0 Å². The second kappa shape index (κ2) is 14.3. The number of ether oxygens (including phenoxy) is 1. The number of alkyl halides is 2. The number of carbonyl (C=O) groups excluding carboxylic acids is 2. The van der Waals surface area contributed by atoms with Gasteiger partial charge in [-0.1, -0.05) is 13.8 Å². The van der Waals surface area contributed by atoms with E-state index in [1.54, 1.807) is 6.07 Å². The molecule has 1 amide bonds. The van der Waals surface area contributed by atoms with Crippen molar-refractivity contribution in [1.29, 1.82) is 0 Å². The summed E-state index contributed by atoms with van der Waals surface area (Å²) in [5, 5.41) is 2.98. The lowest BCUT2D eigenvalue weighted by molar-refractivity contribution is -0.146. The molecule has 3 aliphatic rings. The van der Waals surface area contributed by atoms with Crippen LogP contribution in [0.3, 0.4) is 0 Å². The van der Waals surface area contributed by atoms with E-state index in [0.29, 0.717) is 29.2 Å². The van der Waals surface area contributed by atoms with Gasteiger partial charge in [0.05, 0.1) is 16.9 Å². The SMILES string of the molecule is CC(C)C(N)C(=O)OCCNSc1ccc(C(=O)Nc2ccc(N(C)C)c(N3CCC(F)(F)CC3)n2)c(N2CCC3(CC2)CC3)c1. The summed E-state index contributed by atoms with van der Waals surface area (Å²) in [6.07, 6.45) is 4.34. The van der Waals surface area contributed by atoms with Gasteiger partial charge >= 0.3 is 5.97 Å². The number of anilines is 4. The zero-order valence-electron chi connectivity index (χ0n) is 27.3. The highest BCUT2D eigenvalue weighted by molar-refractivity contribution is 7.97. The zero-order chi connectivity index (χ0) is 33.1. The van der Waals surface area contributed by atoms with E-state index in [-0.39, 0.29) is 44.4 Å².